The summed E-state index contributed by atoms with van der Waals surface area (Å²) in [4.78, 5) is 31.9. The Balaban J connectivity index is 1.64. The number of carboxylic acids is 1. The fourth-order valence-electron chi connectivity index (χ4n) is 3.77. The van der Waals surface area contributed by atoms with Gasteiger partial charge in [0.15, 0.2) is 0 Å². The Morgan fingerprint density at radius 3 is 2.58 bits per heavy atom. The molecule has 0 spiro atoms. The maximum absolute atomic E-state index is 11.3. The van der Waals surface area contributed by atoms with E-state index in [9.17, 15) is 20.0 Å². The van der Waals surface area contributed by atoms with E-state index in [0.717, 1.165) is 16.9 Å². The quantitative estimate of drug-likeness (QED) is 0.334. The van der Waals surface area contributed by atoms with E-state index < -0.39 is 10.9 Å². The van der Waals surface area contributed by atoms with Crippen molar-refractivity contribution in [1.29, 1.82) is 0 Å². The number of carboxylic acid groups (broad SMARTS) is 1. The molecule has 0 radical (unpaired) electrons. The summed E-state index contributed by atoms with van der Waals surface area (Å²) in [6.45, 7) is 0.401. The van der Waals surface area contributed by atoms with Gasteiger partial charge in [-0.2, -0.15) is 0 Å². The highest BCUT2D eigenvalue weighted by atomic mass is 35.5. The molecule has 0 saturated heterocycles. The summed E-state index contributed by atoms with van der Waals surface area (Å²) in [5.74, 6) is 0.00919. The van der Waals surface area contributed by atoms with Gasteiger partial charge in [0.05, 0.1) is 26.3 Å². The molecule has 0 bridgehead atoms. The first-order chi connectivity index (χ1) is 14.8. The highest BCUT2D eigenvalue weighted by molar-refractivity contribution is 7.21. The molecule has 4 rings (SSSR count). The van der Waals surface area contributed by atoms with Gasteiger partial charge in [-0.1, -0.05) is 29.3 Å². The summed E-state index contributed by atoms with van der Waals surface area (Å²) < 4.78 is 0. The van der Waals surface area contributed by atoms with Crippen LogP contribution in [0.4, 0.5) is 10.8 Å². The number of nitrogens with zero attached hydrogens (tertiary/aromatic N) is 3. The molecule has 8 nitrogen and oxygen atoms in total. The molecule has 2 heterocycles. The number of benzene rings is 1. The molecule has 1 aliphatic rings. The molecular formula is C20H18Cl2N4O4S. The molecule has 1 fully saturated rings. The molecule has 0 unspecified atom stereocenters. The highest BCUT2D eigenvalue weighted by Gasteiger charge is 2.29. The second-order valence-corrected chi connectivity index (χ2v) is 9.30. The normalized spacial score (nSPS) is 18.8. The van der Waals surface area contributed by atoms with Crippen LogP contribution in [0.2, 0.25) is 10.0 Å². The molecule has 2 aromatic heterocycles. The van der Waals surface area contributed by atoms with Crippen LogP contribution in [0.3, 0.4) is 0 Å². The number of halogens is 2. The minimum Gasteiger partial charge on any atom is -0.481 e. The first-order valence-electron chi connectivity index (χ1n) is 9.68. The molecule has 3 aromatic rings. The Kier molecular flexibility index (Phi) is 6.27. The Morgan fingerprint density at radius 1 is 1.19 bits per heavy atom. The number of carbonyl (C=O) groups is 1. The van der Waals surface area contributed by atoms with E-state index >= 15 is 0 Å². The minimum atomic E-state index is -0.771. The standard InChI is InChI=1S/C20H18Cl2N4O4S/c21-14-6-1-10(7-15(14)22)9-23-18-13-8-16(26(29)30)31-19(13)25-17(24-18)11-2-4-12(5-3-11)20(27)28/h1,6-8,11-12H,2-5,9H2,(H,27,28)(H,23,24,25). The second-order valence-electron chi connectivity index (χ2n) is 7.48. The van der Waals surface area contributed by atoms with E-state index in [1.54, 1.807) is 12.1 Å². The molecule has 0 atom stereocenters. The summed E-state index contributed by atoms with van der Waals surface area (Å²) in [5.41, 5.74) is 0.884. The molecule has 1 aromatic carbocycles. The average Bonchev–Trinajstić information content (AvgIpc) is 3.19. The Labute approximate surface area is 191 Å². The van der Waals surface area contributed by atoms with Crippen LogP contribution >= 0.6 is 34.5 Å². The minimum absolute atomic E-state index is 0.00590. The average molecular weight is 481 g/mol. The lowest BCUT2D eigenvalue weighted by molar-refractivity contribution is -0.380. The number of hydrogen-bond donors (Lipinski definition) is 2. The van der Waals surface area contributed by atoms with Crippen molar-refractivity contribution in [3.63, 3.8) is 0 Å². The third kappa shape index (κ3) is 4.73. The fourth-order valence-corrected chi connectivity index (χ4v) is 4.94. The van der Waals surface area contributed by atoms with Crippen LogP contribution in [0.1, 0.15) is 43.0 Å². The fraction of sp³-hybridized carbons (Fsp3) is 0.350. The number of aromatic nitrogens is 2. The zero-order valence-electron chi connectivity index (χ0n) is 16.2. The Morgan fingerprint density at radius 2 is 1.94 bits per heavy atom. The third-order valence-corrected chi connectivity index (χ3v) is 7.18. The molecule has 0 amide bonds. The second kappa shape index (κ2) is 8.94. The van der Waals surface area contributed by atoms with Crippen molar-refractivity contribution in [2.45, 2.75) is 38.1 Å². The largest absolute Gasteiger partial charge is 0.481 e. The summed E-state index contributed by atoms with van der Waals surface area (Å²) >= 11 is 13.1. The van der Waals surface area contributed by atoms with Gasteiger partial charge in [-0.25, -0.2) is 9.97 Å². The molecule has 1 saturated carbocycles. The number of nitro groups is 1. The van der Waals surface area contributed by atoms with Gasteiger partial charge < -0.3 is 10.4 Å². The Bertz CT molecular complexity index is 1160. The number of nitrogens with one attached hydrogen (secondary N) is 1. The first-order valence-corrected chi connectivity index (χ1v) is 11.3. The van der Waals surface area contributed by atoms with E-state index in [0.29, 0.717) is 64.1 Å². The van der Waals surface area contributed by atoms with Crippen molar-refractivity contribution in [3.8, 4) is 0 Å². The molecule has 2 N–H and O–H groups in total. The number of aliphatic carboxylic acids is 1. The van der Waals surface area contributed by atoms with Crippen molar-refractivity contribution in [2.24, 2.45) is 5.92 Å². The number of anilines is 1. The van der Waals surface area contributed by atoms with Crippen LogP contribution in [0.25, 0.3) is 10.2 Å². The van der Waals surface area contributed by atoms with Crippen molar-refractivity contribution in [1.82, 2.24) is 9.97 Å². The zero-order valence-corrected chi connectivity index (χ0v) is 18.5. The van der Waals surface area contributed by atoms with Gasteiger partial charge in [-0.05, 0) is 54.7 Å². The monoisotopic (exact) mass is 480 g/mol. The van der Waals surface area contributed by atoms with Crippen LogP contribution in [0.15, 0.2) is 24.3 Å². The maximum Gasteiger partial charge on any atom is 0.326 e. The van der Waals surface area contributed by atoms with Crippen LogP contribution in [-0.2, 0) is 11.3 Å². The van der Waals surface area contributed by atoms with E-state index in [1.807, 2.05) is 6.07 Å². The Hall–Kier alpha value is -2.49. The molecule has 31 heavy (non-hydrogen) atoms. The zero-order chi connectivity index (χ0) is 22.1. The molecule has 1 aliphatic carbocycles. The summed E-state index contributed by atoms with van der Waals surface area (Å²) in [7, 11) is 0. The van der Waals surface area contributed by atoms with E-state index in [2.05, 4.69) is 15.3 Å². The van der Waals surface area contributed by atoms with E-state index in [1.165, 1.54) is 6.07 Å². The van der Waals surface area contributed by atoms with Gasteiger partial charge in [0.2, 0.25) is 0 Å². The highest BCUT2D eigenvalue weighted by Crippen LogP contribution is 2.39. The lowest BCUT2D eigenvalue weighted by Gasteiger charge is -2.25. The van der Waals surface area contributed by atoms with E-state index in [-0.39, 0.29) is 16.8 Å². The molecular weight excluding hydrogens is 463 g/mol. The van der Waals surface area contributed by atoms with Gasteiger partial charge in [-0.3, -0.25) is 14.9 Å². The van der Waals surface area contributed by atoms with Crippen molar-refractivity contribution < 1.29 is 14.8 Å². The van der Waals surface area contributed by atoms with Crippen LogP contribution in [0.5, 0.6) is 0 Å². The molecule has 162 valence electrons. The number of hydrogen-bond acceptors (Lipinski definition) is 7. The summed E-state index contributed by atoms with van der Waals surface area (Å²) in [5, 5.41) is 25.2. The molecule has 0 aliphatic heterocycles. The van der Waals surface area contributed by atoms with Crippen LogP contribution in [0, 0.1) is 16.0 Å². The number of fused-ring (bicyclic) bond motifs is 1. The summed E-state index contributed by atoms with van der Waals surface area (Å²) in [6, 6.07) is 6.77. The van der Waals surface area contributed by atoms with Crippen molar-refractivity contribution in [3.05, 3.63) is 55.8 Å². The van der Waals surface area contributed by atoms with Crippen LogP contribution < -0.4 is 5.32 Å². The third-order valence-electron chi connectivity index (χ3n) is 5.46. The van der Waals surface area contributed by atoms with Gasteiger partial charge in [0.25, 0.3) is 0 Å². The molecule has 11 heteroatoms. The maximum atomic E-state index is 11.3. The van der Waals surface area contributed by atoms with Crippen molar-refractivity contribution in [2.75, 3.05) is 5.32 Å². The topological polar surface area (TPSA) is 118 Å². The first kappa shape index (κ1) is 21.7. The lowest BCUT2D eigenvalue weighted by Crippen LogP contribution is -2.21. The van der Waals surface area contributed by atoms with Crippen LogP contribution in [-0.4, -0.2) is 26.0 Å². The predicted molar refractivity (Wildman–Crippen MR) is 120 cm³/mol. The van der Waals surface area contributed by atoms with Gasteiger partial charge >= 0.3 is 11.0 Å². The van der Waals surface area contributed by atoms with Gasteiger partial charge in [0, 0.05) is 18.5 Å². The predicted octanol–water partition coefficient (Wildman–Crippen LogP) is 5.88. The smallest absolute Gasteiger partial charge is 0.326 e. The summed E-state index contributed by atoms with van der Waals surface area (Å²) in [6.07, 6.45) is 2.47. The number of rotatable bonds is 6. The SMILES string of the molecule is O=C(O)C1CCC(c2nc(NCc3ccc(Cl)c(Cl)c3)c3cc([N+](=O)[O-])sc3n2)CC1. The van der Waals surface area contributed by atoms with Gasteiger partial charge in [0.1, 0.15) is 16.5 Å². The van der Waals surface area contributed by atoms with E-state index in [4.69, 9.17) is 23.2 Å². The van der Waals surface area contributed by atoms with Gasteiger partial charge in [-0.15, -0.1) is 0 Å². The van der Waals surface area contributed by atoms with Crippen molar-refractivity contribution >= 4 is 61.5 Å². The lowest BCUT2D eigenvalue weighted by atomic mass is 9.81. The number of thiophene rings is 1.